The van der Waals surface area contributed by atoms with Gasteiger partial charge >= 0.3 is 0 Å². The third kappa shape index (κ3) is 5.67. The van der Waals surface area contributed by atoms with Gasteiger partial charge in [0.25, 0.3) is 5.91 Å². The second-order valence-electron chi connectivity index (χ2n) is 8.88. The summed E-state index contributed by atoms with van der Waals surface area (Å²) in [5.41, 5.74) is 9.34. The quantitative estimate of drug-likeness (QED) is 0.253. The van der Waals surface area contributed by atoms with E-state index >= 15 is 0 Å². The number of halogens is 2. The van der Waals surface area contributed by atoms with Crippen LogP contribution in [-0.4, -0.2) is 63.5 Å². The molecule has 0 radical (unpaired) electrons. The molecule has 0 aliphatic carbocycles. The second kappa shape index (κ2) is 11.9. The lowest BCUT2D eigenvalue weighted by Crippen LogP contribution is -2.46. The molecule has 1 aliphatic heterocycles. The Morgan fingerprint density at radius 1 is 0.974 bits per heavy atom. The highest BCUT2D eigenvalue weighted by Crippen LogP contribution is 2.46. The number of carbonyl (C=O) groups excluding carboxylic acids is 1. The van der Waals surface area contributed by atoms with Gasteiger partial charge in [0.15, 0.2) is 0 Å². The molecule has 0 atom stereocenters. The standard InChI is InChI=1S/C28H31Cl2N5O3/c1-4-34-11-13-35(14-12-34)19-8-6-18(7-9-19)33-28(36)27(32)20-10-5-17(15-21(20)31)24-25(29)22(37-2)16-23(38-3)26(24)30/h5-10,15-16,32H,4,11-14,31H2,1-3H3,(H,33,36). The van der Waals surface area contributed by atoms with Crippen LogP contribution in [0.15, 0.2) is 48.5 Å². The molecule has 3 aromatic rings. The Kier molecular flexibility index (Phi) is 8.66. The number of nitrogens with one attached hydrogen (secondary N) is 2. The molecule has 1 amide bonds. The molecule has 1 heterocycles. The van der Waals surface area contributed by atoms with Crippen LogP contribution in [-0.2, 0) is 4.79 Å². The summed E-state index contributed by atoms with van der Waals surface area (Å²) in [5, 5.41) is 11.8. The van der Waals surface area contributed by atoms with Gasteiger partial charge in [-0.2, -0.15) is 0 Å². The minimum absolute atomic E-state index is 0.234. The van der Waals surface area contributed by atoms with Crippen molar-refractivity contribution in [2.24, 2.45) is 0 Å². The molecule has 0 spiro atoms. The Morgan fingerprint density at radius 2 is 1.58 bits per heavy atom. The molecular formula is C28H31Cl2N5O3. The smallest absolute Gasteiger partial charge is 0.274 e. The van der Waals surface area contributed by atoms with Crippen molar-refractivity contribution >= 4 is 51.9 Å². The third-order valence-electron chi connectivity index (χ3n) is 6.72. The van der Waals surface area contributed by atoms with Gasteiger partial charge in [0.05, 0.1) is 24.3 Å². The molecule has 1 fully saturated rings. The number of carbonyl (C=O) groups is 1. The molecule has 1 aliphatic rings. The van der Waals surface area contributed by atoms with Gasteiger partial charge in [-0.05, 0) is 48.5 Å². The first-order valence-corrected chi connectivity index (χ1v) is 13.0. The Balaban J connectivity index is 1.48. The van der Waals surface area contributed by atoms with Crippen LogP contribution in [0.25, 0.3) is 11.1 Å². The Labute approximate surface area is 232 Å². The van der Waals surface area contributed by atoms with Crippen LogP contribution in [0.5, 0.6) is 11.5 Å². The maximum atomic E-state index is 12.9. The van der Waals surface area contributed by atoms with E-state index in [2.05, 4.69) is 22.0 Å². The van der Waals surface area contributed by atoms with Crippen molar-refractivity contribution in [3.05, 3.63) is 64.1 Å². The number of nitrogens with two attached hydrogens (primary N) is 1. The van der Waals surface area contributed by atoms with E-state index in [-0.39, 0.29) is 11.4 Å². The monoisotopic (exact) mass is 555 g/mol. The van der Waals surface area contributed by atoms with E-state index in [1.165, 1.54) is 14.2 Å². The molecule has 0 saturated carbocycles. The van der Waals surface area contributed by atoms with Gasteiger partial charge in [-0.1, -0.05) is 36.2 Å². The number of piperazine rings is 1. The zero-order chi connectivity index (χ0) is 27.4. The van der Waals surface area contributed by atoms with Crippen molar-refractivity contribution < 1.29 is 14.3 Å². The van der Waals surface area contributed by atoms with Crippen LogP contribution >= 0.6 is 23.2 Å². The Hall–Kier alpha value is -3.46. The highest BCUT2D eigenvalue weighted by molar-refractivity contribution is 6.48. The number of ether oxygens (including phenoxy) is 2. The molecular weight excluding hydrogens is 525 g/mol. The molecule has 0 bridgehead atoms. The number of nitrogen functional groups attached to an aromatic ring is 1. The summed E-state index contributed by atoms with van der Waals surface area (Å²) in [4.78, 5) is 17.6. The van der Waals surface area contributed by atoms with Crippen molar-refractivity contribution in [3.8, 4) is 22.6 Å². The lowest BCUT2D eigenvalue weighted by Gasteiger charge is -2.35. The number of hydrogen-bond donors (Lipinski definition) is 3. The summed E-state index contributed by atoms with van der Waals surface area (Å²) in [5.74, 6) is 0.228. The fraction of sp³-hybridized carbons (Fsp3) is 0.286. The predicted molar refractivity (Wildman–Crippen MR) is 156 cm³/mol. The van der Waals surface area contributed by atoms with Crippen LogP contribution in [0.2, 0.25) is 10.0 Å². The SMILES string of the molecule is CCN1CCN(c2ccc(NC(=O)C(=N)c3ccc(-c4c(Cl)c(OC)cc(OC)c4Cl)cc3N)cc2)CC1. The molecule has 3 aromatic carbocycles. The van der Waals surface area contributed by atoms with Crippen molar-refractivity contribution in [2.45, 2.75) is 6.92 Å². The van der Waals surface area contributed by atoms with E-state index in [4.69, 9.17) is 43.8 Å². The van der Waals surface area contributed by atoms with Crippen LogP contribution in [0, 0.1) is 5.41 Å². The molecule has 1 saturated heterocycles. The largest absolute Gasteiger partial charge is 0.495 e. The summed E-state index contributed by atoms with van der Waals surface area (Å²) < 4.78 is 10.7. The van der Waals surface area contributed by atoms with Gasteiger partial charge in [-0.3, -0.25) is 10.2 Å². The molecule has 0 aromatic heterocycles. The van der Waals surface area contributed by atoms with Gasteiger partial charge in [0.1, 0.15) is 17.2 Å². The van der Waals surface area contributed by atoms with Crippen molar-refractivity contribution in [3.63, 3.8) is 0 Å². The number of amides is 1. The first-order valence-electron chi connectivity index (χ1n) is 12.2. The first-order chi connectivity index (χ1) is 18.3. The number of rotatable bonds is 8. The average molecular weight is 556 g/mol. The van der Waals surface area contributed by atoms with E-state index in [9.17, 15) is 4.79 Å². The summed E-state index contributed by atoms with van der Waals surface area (Å²) in [6.45, 7) is 7.26. The lowest BCUT2D eigenvalue weighted by atomic mass is 9.99. The molecule has 8 nitrogen and oxygen atoms in total. The number of hydrogen-bond acceptors (Lipinski definition) is 7. The van der Waals surface area contributed by atoms with Gasteiger partial charge in [0, 0.05) is 60.4 Å². The van der Waals surface area contributed by atoms with Crippen LogP contribution in [0.1, 0.15) is 12.5 Å². The fourth-order valence-electron chi connectivity index (χ4n) is 4.48. The lowest BCUT2D eigenvalue weighted by molar-refractivity contribution is -0.110. The first kappa shape index (κ1) is 27.6. The predicted octanol–water partition coefficient (Wildman–Crippen LogP) is 5.41. The maximum absolute atomic E-state index is 12.9. The average Bonchev–Trinajstić information content (AvgIpc) is 2.93. The highest BCUT2D eigenvalue weighted by Gasteiger charge is 2.21. The normalized spacial score (nSPS) is 13.8. The molecule has 4 N–H and O–H groups in total. The van der Waals surface area contributed by atoms with E-state index < -0.39 is 5.91 Å². The number of likely N-dealkylation sites (N-methyl/N-ethyl adjacent to an activating group) is 1. The molecule has 4 rings (SSSR count). The minimum Gasteiger partial charge on any atom is -0.495 e. The van der Waals surface area contributed by atoms with Crippen molar-refractivity contribution in [1.82, 2.24) is 4.90 Å². The minimum atomic E-state index is -0.562. The van der Waals surface area contributed by atoms with Gasteiger partial charge < -0.3 is 30.3 Å². The number of anilines is 3. The van der Waals surface area contributed by atoms with Gasteiger partial charge in [0.2, 0.25) is 0 Å². The Morgan fingerprint density at radius 3 is 2.11 bits per heavy atom. The van der Waals surface area contributed by atoms with Gasteiger partial charge in [-0.25, -0.2) is 0 Å². The summed E-state index contributed by atoms with van der Waals surface area (Å²) in [7, 11) is 2.99. The fourth-order valence-corrected chi connectivity index (χ4v) is 5.20. The van der Waals surface area contributed by atoms with Gasteiger partial charge in [-0.15, -0.1) is 0 Å². The van der Waals surface area contributed by atoms with Crippen molar-refractivity contribution in [1.29, 1.82) is 5.41 Å². The summed E-state index contributed by atoms with van der Waals surface area (Å²) >= 11 is 13.1. The van der Waals surface area contributed by atoms with Crippen LogP contribution in [0.3, 0.4) is 0 Å². The molecule has 200 valence electrons. The van der Waals surface area contributed by atoms with E-state index in [0.29, 0.717) is 43.9 Å². The van der Waals surface area contributed by atoms with E-state index in [0.717, 1.165) is 38.4 Å². The summed E-state index contributed by atoms with van der Waals surface area (Å²) in [6, 6.07) is 14.2. The van der Waals surface area contributed by atoms with Crippen LogP contribution < -0.4 is 25.4 Å². The van der Waals surface area contributed by atoms with Crippen LogP contribution in [0.4, 0.5) is 17.1 Å². The number of benzene rings is 3. The van der Waals surface area contributed by atoms with E-state index in [1.807, 2.05) is 24.3 Å². The molecule has 38 heavy (non-hydrogen) atoms. The number of nitrogens with zero attached hydrogens (tertiary/aromatic N) is 2. The zero-order valence-electron chi connectivity index (χ0n) is 21.6. The highest BCUT2D eigenvalue weighted by atomic mass is 35.5. The van der Waals surface area contributed by atoms with E-state index in [1.54, 1.807) is 24.3 Å². The molecule has 10 heteroatoms. The maximum Gasteiger partial charge on any atom is 0.274 e. The second-order valence-corrected chi connectivity index (χ2v) is 9.64. The van der Waals surface area contributed by atoms with Crippen molar-refractivity contribution in [2.75, 3.05) is 62.9 Å². The third-order valence-corrected chi connectivity index (χ3v) is 7.47. The topological polar surface area (TPSA) is 104 Å². The Bertz CT molecular complexity index is 1310. The zero-order valence-corrected chi connectivity index (χ0v) is 23.1. The molecule has 0 unspecified atom stereocenters. The summed E-state index contributed by atoms with van der Waals surface area (Å²) in [6.07, 6.45) is 0. The number of methoxy groups -OCH3 is 2.